The van der Waals surface area contributed by atoms with Gasteiger partial charge >= 0.3 is 11.9 Å². The van der Waals surface area contributed by atoms with Crippen LogP contribution in [0.2, 0.25) is 0 Å². The molecule has 5 rings (SSSR count). The number of likely N-dealkylation sites (tertiary alicyclic amines) is 1. The van der Waals surface area contributed by atoms with Crippen LogP contribution in [0.3, 0.4) is 0 Å². The van der Waals surface area contributed by atoms with Gasteiger partial charge in [0.2, 0.25) is 0 Å². The van der Waals surface area contributed by atoms with E-state index < -0.39 is 23.0 Å². The van der Waals surface area contributed by atoms with Gasteiger partial charge in [-0.3, -0.25) is 19.3 Å². The van der Waals surface area contributed by atoms with Crippen LogP contribution in [0.4, 0.5) is 13.2 Å². The summed E-state index contributed by atoms with van der Waals surface area (Å²) in [4.78, 5) is 33.5. The number of fused-ring (bicyclic) bond motifs is 1. The van der Waals surface area contributed by atoms with E-state index >= 15 is 0 Å². The molecule has 0 amide bonds. The molecule has 0 spiro atoms. The zero-order valence-electron chi connectivity index (χ0n) is 20.3. The van der Waals surface area contributed by atoms with Crippen LogP contribution in [-0.2, 0) is 18.1 Å². The van der Waals surface area contributed by atoms with Crippen molar-refractivity contribution in [2.45, 2.75) is 44.3 Å². The summed E-state index contributed by atoms with van der Waals surface area (Å²) in [6, 6.07) is 9.20. The van der Waals surface area contributed by atoms with Gasteiger partial charge in [-0.15, -0.1) is 24.8 Å². The van der Waals surface area contributed by atoms with Gasteiger partial charge in [0.05, 0.1) is 11.1 Å². The summed E-state index contributed by atoms with van der Waals surface area (Å²) in [6.45, 7) is 5.01. The fraction of sp³-hybridized carbons (Fsp3) is 0.423. The van der Waals surface area contributed by atoms with Crippen LogP contribution in [0.25, 0.3) is 11.1 Å². The number of alkyl halides is 3. The number of aryl methyl sites for hydroxylation is 2. The van der Waals surface area contributed by atoms with E-state index in [2.05, 4.69) is 14.9 Å². The van der Waals surface area contributed by atoms with Crippen LogP contribution in [0.1, 0.15) is 36.1 Å². The molecule has 2 aromatic heterocycles. The fourth-order valence-electron chi connectivity index (χ4n) is 5.41. The van der Waals surface area contributed by atoms with Crippen molar-refractivity contribution in [2.75, 3.05) is 19.6 Å². The van der Waals surface area contributed by atoms with Crippen molar-refractivity contribution in [3.63, 3.8) is 0 Å². The van der Waals surface area contributed by atoms with Gasteiger partial charge in [0, 0.05) is 43.1 Å². The first-order chi connectivity index (χ1) is 16.7. The molecule has 1 saturated heterocycles. The van der Waals surface area contributed by atoms with Gasteiger partial charge in [0.15, 0.2) is 0 Å². The third-order valence-electron chi connectivity index (χ3n) is 7.35. The summed E-state index contributed by atoms with van der Waals surface area (Å²) in [5, 5.41) is 0. The summed E-state index contributed by atoms with van der Waals surface area (Å²) in [7, 11) is 0. The van der Waals surface area contributed by atoms with Crippen molar-refractivity contribution >= 4 is 24.8 Å². The maximum atomic E-state index is 12.9. The Balaban J connectivity index is 0.00000190. The Hall–Kier alpha value is -2.62. The Kier molecular flexibility index (Phi) is 8.61. The van der Waals surface area contributed by atoms with Gasteiger partial charge in [-0.25, -0.2) is 4.79 Å². The Morgan fingerprint density at radius 1 is 1.08 bits per heavy atom. The normalized spacial score (nSPS) is 20.6. The number of rotatable bonds is 7. The number of unbranched alkanes of at least 4 members (excludes halogenated alkanes) is 1. The van der Waals surface area contributed by atoms with E-state index in [1.165, 1.54) is 16.7 Å². The highest BCUT2D eigenvalue weighted by Crippen LogP contribution is 2.59. The Labute approximate surface area is 224 Å². The van der Waals surface area contributed by atoms with E-state index in [1.54, 1.807) is 30.6 Å². The van der Waals surface area contributed by atoms with Crippen LogP contribution in [0.15, 0.2) is 58.4 Å². The zero-order valence-corrected chi connectivity index (χ0v) is 21.9. The fourth-order valence-corrected chi connectivity index (χ4v) is 5.41. The monoisotopic (exact) mass is 556 g/mol. The van der Waals surface area contributed by atoms with E-state index in [-0.39, 0.29) is 30.2 Å². The van der Waals surface area contributed by atoms with Crippen molar-refractivity contribution in [1.82, 2.24) is 19.4 Å². The number of hydrogen-bond acceptors (Lipinski definition) is 4. The molecule has 37 heavy (non-hydrogen) atoms. The third kappa shape index (κ3) is 5.94. The van der Waals surface area contributed by atoms with Crippen LogP contribution >= 0.6 is 24.8 Å². The minimum Gasteiger partial charge on any atom is -0.302 e. The van der Waals surface area contributed by atoms with Crippen LogP contribution in [-0.4, -0.2) is 39.1 Å². The minimum absolute atomic E-state index is 0. The molecule has 0 unspecified atom stereocenters. The lowest BCUT2D eigenvalue weighted by atomic mass is 9.94. The minimum atomic E-state index is -4.31. The van der Waals surface area contributed by atoms with Gasteiger partial charge in [0.1, 0.15) is 0 Å². The molecule has 11 heteroatoms. The molecule has 2 atom stereocenters. The predicted molar refractivity (Wildman–Crippen MR) is 141 cm³/mol. The summed E-state index contributed by atoms with van der Waals surface area (Å²) < 4.78 is 40.2. The molecule has 6 nitrogen and oxygen atoms in total. The van der Waals surface area contributed by atoms with E-state index in [1.807, 2.05) is 13.0 Å². The van der Waals surface area contributed by atoms with Crippen LogP contribution in [0, 0.1) is 12.8 Å². The molecular formula is C26H29Cl2F3N4O2. The molecule has 1 N–H and O–H groups in total. The lowest BCUT2D eigenvalue weighted by Crippen LogP contribution is -2.31. The molecule has 3 heterocycles. The second kappa shape index (κ2) is 11.0. The van der Waals surface area contributed by atoms with Gasteiger partial charge < -0.3 is 4.90 Å². The highest BCUT2D eigenvalue weighted by Gasteiger charge is 2.60. The quantitative estimate of drug-likeness (QED) is 0.423. The van der Waals surface area contributed by atoms with Crippen molar-refractivity contribution in [3.8, 4) is 11.1 Å². The number of nitrogens with one attached hydrogen (secondary N) is 1. The standard InChI is InChI=1S/C26H27F3N4O2.2ClH/c1-17-12-18(8-9-30-17)22-15-33(24(35)31-23(22)34)11-3-2-10-32-14-21-13-25(21,16-32)19-4-6-20(7-5-19)26(27,28)29;;/h4-9,12,15,21H,2-3,10-11,13-14,16H2,1H3,(H,31,34,35);2*1H/t21-,25+;;/m0../s1. The summed E-state index contributed by atoms with van der Waals surface area (Å²) in [6.07, 6.45) is 1.62. The number of aromatic nitrogens is 3. The first-order valence-electron chi connectivity index (χ1n) is 11.8. The van der Waals surface area contributed by atoms with E-state index in [4.69, 9.17) is 0 Å². The topological polar surface area (TPSA) is 71.0 Å². The van der Waals surface area contributed by atoms with Crippen LogP contribution < -0.4 is 11.2 Å². The third-order valence-corrected chi connectivity index (χ3v) is 7.35. The molecule has 200 valence electrons. The largest absolute Gasteiger partial charge is 0.416 e. The molecule has 3 aromatic rings. The van der Waals surface area contributed by atoms with Crippen LogP contribution in [0.5, 0.6) is 0 Å². The highest BCUT2D eigenvalue weighted by atomic mass is 35.5. The number of H-pyrrole nitrogens is 1. The maximum Gasteiger partial charge on any atom is 0.416 e. The predicted octanol–water partition coefficient (Wildman–Crippen LogP) is 4.82. The number of pyridine rings is 1. The van der Waals surface area contributed by atoms with E-state index in [0.717, 1.165) is 55.7 Å². The Morgan fingerprint density at radius 3 is 2.46 bits per heavy atom. The van der Waals surface area contributed by atoms with Crippen molar-refractivity contribution in [3.05, 3.63) is 86.5 Å². The van der Waals surface area contributed by atoms with E-state index in [0.29, 0.717) is 18.0 Å². The molecule has 1 saturated carbocycles. The first-order valence-corrected chi connectivity index (χ1v) is 11.8. The lowest BCUT2D eigenvalue weighted by Gasteiger charge is -2.21. The molecule has 2 aliphatic rings. The number of piperidine rings is 1. The number of aromatic amines is 1. The number of nitrogens with zero attached hydrogens (tertiary/aromatic N) is 3. The number of hydrogen-bond donors (Lipinski definition) is 1. The molecule has 0 bridgehead atoms. The summed E-state index contributed by atoms with van der Waals surface area (Å²) in [5.41, 5.74) is 1.48. The molecule has 0 radical (unpaired) electrons. The van der Waals surface area contributed by atoms with Gasteiger partial charge in [-0.1, -0.05) is 12.1 Å². The Morgan fingerprint density at radius 2 is 1.78 bits per heavy atom. The molecule has 1 aromatic carbocycles. The molecular weight excluding hydrogens is 528 g/mol. The molecule has 1 aliphatic carbocycles. The van der Waals surface area contributed by atoms with Gasteiger partial charge in [0.25, 0.3) is 5.56 Å². The van der Waals surface area contributed by atoms with Gasteiger partial charge in [-0.2, -0.15) is 13.2 Å². The zero-order chi connectivity index (χ0) is 24.8. The molecule has 2 fully saturated rings. The Bertz CT molecular complexity index is 1360. The summed E-state index contributed by atoms with van der Waals surface area (Å²) in [5.74, 6) is 0.493. The second-order valence-electron chi connectivity index (χ2n) is 9.76. The van der Waals surface area contributed by atoms with Gasteiger partial charge in [-0.05, 0) is 74.0 Å². The second-order valence-corrected chi connectivity index (χ2v) is 9.76. The van der Waals surface area contributed by atoms with Crippen molar-refractivity contribution in [2.24, 2.45) is 5.92 Å². The smallest absolute Gasteiger partial charge is 0.302 e. The average molecular weight is 557 g/mol. The number of halogens is 5. The SMILES string of the molecule is Cc1cc(-c2cn(CCCCN3C[C@@H]4C[C@]4(c4ccc(C(F)(F)F)cc4)C3)c(=O)[nH]c2=O)ccn1.Cl.Cl. The number of benzene rings is 1. The lowest BCUT2D eigenvalue weighted by molar-refractivity contribution is -0.137. The first kappa shape index (κ1) is 28.9. The van der Waals surface area contributed by atoms with Crippen molar-refractivity contribution < 1.29 is 13.2 Å². The maximum absolute atomic E-state index is 12.9. The highest BCUT2D eigenvalue weighted by molar-refractivity contribution is 5.85. The summed E-state index contributed by atoms with van der Waals surface area (Å²) >= 11 is 0. The van der Waals surface area contributed by atoms with E-state index in [9.17, 15) is 22.8 Å². The average Bonchev–Trinajstić information content (AvgIpc) is 3.38. The van der Waals surface area contributed by atoms with Crippen molar-refractivity contribution in [1.29, 1.82) is 0 Å². The molecule has 1 aliphatic heterocycles.